The summed E-state index contributed by atoms with van der Waals surface area (Å²) in [5.74, 6) is -0.608. The number of carbonyl (C=O) groups excluding carboxylic acids is 2. The summed E-state index contributed by atoms with van der Waals surface area (Å²) in [6.45, 7) is 4.23. The van der Waals surface area contributed by atoms with Gasteiger partial charge in [-0.25, -0.2) is 8.78 Å². The fourth-order valence-corrected chi connectivity index (χ4v) is 3.85. The van der Waals surface area contributed by atoms with Gasteiger partial charge in [-0.05, 0) is 61.5 Å². The smallest absolute Gasteiger partial charge is 0.254 e. The largest absolute Gasteiger partial charge is 0.352 e. The van der Waals surface area contributed by atoms with Crippen molar-refractivity contribution in [1.29, 1.82) is 0 Å². The number of carbonyl (C=O) groups is 2. The maximum atomic E-state index is 13.5. The SMILES string of the molecule is CCN(CC(=O)N1CCN(c2ccc(-c3ccc(F)cc3)nn2)CC1)C(=O)c1cccc(F)c1. The maximum absolute atomic E-state index is 13.5. The summed E-state index contributed by atoms with van der Waals surface area (Å²) in [7, 11) is 0. The van der Waals surface area contributed by atoms with Crippen LogP contribution in [0.1, 0.15) is 17.3 Å². The molecule has 0 unspecified atom stereocenters. The topological polar surface area (TPSA) is 69.6 Å². The van der Waals surface area contributed by atoms with Gasteiger partial charge in [-0.15, -0.1) is 10.2 Å². The first-order valence-electron chi connectivity index (χ1n) is 11.1. The summed E-state index contributed by atoms with van der Waals surface area (Å²) in [5.41, 5.74) is 1.66. The molecule has 0 spiro atoms. The number of hydrogen-bond acceptors (Lipinski definition) is 5. The lowest BCUT2D eigenvalue weighted by Gasteiger charge is -2.36. The Kier molecular flexibility index (Phi) is 7.10. The molecule has 2 aromatic carbocycles. The van der Waals surface area contributed by atoms with Crippen molar-refractivity contribution in [1.82, 2.24) is 20.0 Å². The van der Waals surface area contributed by atoms with E-state index in [9.17, 15) is 18.4 Å². The Hall–Kier alpha value is -3.88. The minimum atomic E-state index is -0.488. The number of halogens is 2. The predicted molar refractivity (Wildman–Crippen MR) is 124 cm³/mol. The lowest BCUT2D eigenvalue weighted by atomic mass is 10.1. The summed E-state index contributed by atoms with van der Waals surface area (Å²) >= 11 is 0. The first-order chi connectivity index (χ1) is 16.4. The van der Waals surface area contributed by atoms with E-state index >= 15 is 0 Å². The second kappa shape index (κ2) is 10.4. The summed E-state index contributed by atoms with van der Waals surface area (Å²) in [6, 6.07) is 15.2. The maximum Gasteiger partial charge on any atom is 0.254 e. The quantitative estimate of drug-likeness (QED) is 0.559. The van der Waals surface area contributed by atoms with Crippen LogP contribution >= 0.6 is 0 Å². The highest BCUT2D eigenvalue weighted by Gasteiger charge is 2.25. The van der Waals surface area contributed by atoms with Gasteiger partial charge in [0.05, 0.1) is 5.69 Å². The van der Waals surface area contributed by atoms with Gasteiger partial charge >= 0.3 is 0 Å². The first-order valence-corrected chi connectivity index (χ1v) is 11.1. The highest BCUT2D eigenvalue weighted by Crippen LogP contribution is 2.20. The van der Waals surface area contributed by atoms with E-state index < -0.39 is 5.82 Å². The van der Waals surface area contributed by atoms with Crippen LogP contribution in [0.5, 0.6) is 0 Å². The minimum Gasteiger partial charge on any atom is -0.352 e. The van der Waals surface area contributed by atoms with Crippen LogP contribution < -0.4 is 4.90 Å². The number of nitrogens with zero attached hydrogens (tertiary/aromatic N) is 5. The van der Waals surface area contributed by atoms with Crippen LogP contribution in [0.4, 0.5) is 14.6 Å². The third kappa shape index (κ3) is 5.36. The van der Waals surface area contributed by atoms with Crippen molar-refractivity contribution < 1.29 is 18.4 Å². The first kappa shape index (κ1) is 23.3. The molecule has 3 aromatic rings. The Morgan fingerprint density at radius 1 is 0.912 bits per heavy atom. The molecule has 9 heteroatoms. The van der Waals surface area contributed by atoms with E-state index in [0.29, 0.717) is 44.2 Å². The van der Waals surface area contributed by atoms with Crippen molar-refractivity contribution in [3.8, 4) is 11.3 Å². The predicted octanol–water partition coefficient (Wildman–Crippen LogP) is 3.23. The number of benzene rings is 2. The Labute approximate surface area is 196 Å². The van der Waals surface area contributed by atoms with Crippen molar-refractivity contribution in [3.05, 3.63) is 77.9 Å². The highest BCUT2D eigenvalue weighted by molar-refractivity contribution is 5.96. The molecule has 7 nitrogen and oxygen atoms in total. The molecule has 2 amide bonds. The van der Waals surface area contributed by atoms with Crippen LogP contribution in [-0.4, -0.2) is 71.1 Å². The Balaban J connectivity index is 1.32. The molecule has 34 heavy (non-hydrogen) atoms. The van der Waals surface area contributed by atoms with E-state index in [0.717, 1.165) is 5.56 Å². The van der Waals surface area contributed by atoms with Gasteiger partial charge in [0.1, 0.15) is 18.2 Å². The molecule has 1 aromatic heterocycles. The lowest BCUT2D eigenvalue weighted by Crippen LogP contribution is -2.52. The average Bonchev–Trinajstić information content (AvgIpc) is 2.87. The molecule has 1 aliphatic heterocycles. The van der Waals surface area contributed by atoms with Crippen LogP contribution in [0, 0.1) is 11.6 Å². The van der Waals surface area contributed by atoms with Crippen LogP contribution in [0.3, 0.4) is 0 Å². The van der Waals surface area contributed by atoms with Crippen LogP contribution in [0.25, 0.3) is 11.3 Å². The van der Waals surface area contributed by atoms with Crippen LogP contribution in [0.15, 0.2) is 60.7 Å². The second-order valence-corrected chi connectivity index (χ2v) is 7.98. The normalized spacial score (nSPS) is 13.6. The fourth-order valence-electron chi connectivity index (χ4n) is 3.85. The Morgan fingerprint density at radius 2 is 1.65 bits per heavy atom. The van der Waals surface area contributed by atoms with Gasteiger partial charge in [0.2, 0.25) is 5.91 Å². The molecule has 1 saturated heterocycles. The number of hydrogen-bond donors (Lipinski definition) is 0. The van der Waals surface area contributed by atoms with Crippen LogP contribution in [0.2, 0.25) is 0 Å². The van der Waals surface area contributed by atoms with Crippen molar-refractivity contribution in [2.45, 2.75) is 6.92 Å². The van der Waals surface area contributed by atoms with Gasteiger partial charge in [0, 0.05) is 43.9 Å². The summed E-state index contributed by atoms with van der Waals surface area (Å²) in [6.07, 6.45) is 0. The lowest BCUT2D eigenvalue weighted by molar-refractivity contribution is -0.132. The van der Waals surface area contributed by atoms with Crippen LogP contribution in [-0.2, 0) is 4.79 Å². The number of piperazine rings is 1. The molecule has 0 atom stereocenters. The number of aromatic nitrogens is 2. The molecule has 2 heterocycles. The number of rotatable bonds is 6. The van der Waals surface area contributed by atoms with Gasteiger partial charge in [-0.1, -0.05) is 6.07 Å². The molecular weight excluding hydrogens is 440 g/mol. The molecule has 176 valence electrons. The average molecular weight is 466 g/mol. The van der Waals surface area contributed by atoms with E-state index in [2.05, 4.69) is 10.2 Å². The fraction of sp³-hybridized carbons (Fsp3) is 0.280. The van der Waals surface area contributed by atoms with E-state index in [1.54, 1.807) is 30.0 Å². The standard InChI is InChI=1S/C25H25F2N5O2/c1-2-30(25(34)19-4-3-5-21(27)16-19)17-24(33)32-14-12-31(13-15-32)23-11-10-22(28-29-23)18-6-8-20(26)9-7-18/h3-11,16H,2,12-15,17H2,1H3. The summed E-state index contributed by atoms with van der Waals surface area (Å²) in [4.78, 5) is 30.7. The molecule has 1 fully saturated rings. The van der Waals surface area contributed by atoms with E-state index in [-0.39, 0.29) is 29.7 Å². The highest BCUT2D eigenvalue weighted by atomic mass is 19.1. The van der Waals surface area contributed by atoms with Gasteiger partial charge in [-0.2, -0.15) is 0 Å². The molecule has 4 rings (SSSR count). The molecule has 0 aliphatic carbocycles. The molecule has 0 bridgehead atoms. The van der Waals surface area contributed by atoms with Crippen molar-refractivity contribution in [3.63, 3.8) is 0 Å². The zero-order valence-corrected chi connectivity index (χ0v) is 18.8. The monoisotopic (exact) mass is 465 g/mol. The molecule has 0 N–H and O–H groups in total. The number of amides is 2. The third-order valence-electron chi connectivity index (χ3n) is 5.81. The molecule has 1 aliphatic rings. The van der Waals surface area contributed by atoms with E-state index in [4.69, 9.17) is 0 Å². The summed E-state index contributed by atoms with van der Waals surface area (Å²) < 4.78 is 26.6. The van der Waals surface area contributed by atoms with E-state index in [1.807, 2.05) is 17.0 Å². The van der Waals surface area contributed by atoms with Gasteiger partial charge in [0.15, 0.2) is 5.82 Å². The number of likely N-dealkylation sites (N-methyl/N-ethyl adjacent to an activating group) is 1. The van der Waals surface area contributed by atoms with Gasteiger partial charge < -0.3 is 14.7 Å². The second-order valence-electron chi connectivity index (χ2n) is 7.98. The van der Waals surface area contributed by atoms with Crippen molar-refractivity contribution in [2.24, 2.45) is 0 Å². The summed E-state index contributed by atoms with van der Waals surface area (Å²) in [5, 5.41) is 8.54. The van der Waals surface area contributed by atoms with Crippen molar-refractivity contribution in [2.75, 3.05) is 44.2 Å². The third-order valence-corrected chi connectivity index (χ3v) is 5.81. The number of anilines is 1. The van der Waals surface area contributed by atoms with E-state index in [1.165, 1.54) is 35.2 Å². The Bertz CT molecular complexity index is 1150. The van der Waals surface area contributed by atoms with Crippen molar-refractivity contribution >= 4 is 17.6 Å². The molecule has 0 radical (unpaired) electrons. The molecular formula is C25H25F2N5O2. The molecule has 0 saturated carbocycles. The Morgan fingerprint density at radius 3 is 2.26 bits per heavy atom. The minimum absolute atomic E-state index is 0.0575. The van der Waals surface area contributed by atoms with Gasteiger partial charge in [0.25, 0.3) is 5.91 Å². The zero-order chi connectivity index (χ0) is 24.1. The zero-order valence-electron chi connectivity index (χ0n) is 18.8. The van der Waals surface area contributed by atoms with Gasteiger partial charge in [-0.3, -0.25) is 9.59 Å².